The maximum absolute atomic E-state index is 13.8. The molecule has 0 aliphatic rings. The van der Waals surface area contributed by atoms with Crippen LogP contribution in [0.15, 0.2) is 40.9 Å². The van der Waals surface area contributed by atoms with E-state index < -0.39 is 0 Å². The van der Waals surface area contributed by atoms with Crippen LogP contribution in [0.3, 0.4) is 0 Å². The molecule has 1 atom stereocenters. The van der Waals surface area contributed by atoms with Gasteiger partial charge in [0.1, 0.15) is 5.82 Å². The molecule has 0 saturated carbocycles. The molecule has 0 aliphatic carbocycles. The Morgan fingerprint density at radius 1 is 1.24 bits per heavy atom. The molecule has 0 bridgehead atoms. The van der Waals surface area contributed by atoms with E-state index in [4.69, 9.17) is 11.6 Å². The van der Waals surface area contributed by atoms with Gasteiger partial charge in [-0.25, -0.2) is 4.39 Å². The van der Waals surface area contributed by atoms with E-state index in [2.05, 4.69) is 21.2 Å². The van der Waals surface area contributed by atoms with Crippen LogP contribution < -0.4 is 5.32 Å². The Hall–Kier alpha value is -0.900. The fraction of sp³-hybridized carbons (Fsp3) is 0.294. The summed E-state index contributed by atoms with van der Waals surface area (Å²) in [6.45, 7) is 4.63. The van der Waals surface area contributed by atoms with E-state index in [-0.39, 0.29) is 11.9 Å². The van der Waals surface area contributed by atoms with Crippen molar-refractivity contribution in [1.82, 2.24) is 5.32 Å². The van der Waals surface area contributed by atoms with Crippen LogP contribution in [-0.4, -0.2) is 6.54 Å². The highest BCUT2D eigenvalue weighted by molar-refractivity contribution is 9.10. The molecular formula is C17H18BrClFN. The summed E-state index contributed by atoms with van der Waals surface area (Å²) >= 11 is 9.69. The van der Waals surface area contributed by atoms with E-state index in [1.807, 2.05) is 37.3 Å². The third-order valence-corrected chi connectivity index (χ3v) is 4.33. The number of aryl methyl sites for hydroxylation is 1. The highest BCUT2D eigenvalue weighted by atomic mass is 79.9. The lowest BCUT2D eigenvalue weighted by molar-refractivity contribution is 0.541. The monoisotopic (exact) mass is 369 g/mol. The van der Waals surface area contributed by atoms with Gasteiger partial charge in [-0.3, -0.25) is 0 Å². The Bertz CT molecular complexity index is 630. The van der Waals surface area contributed by atoms with E-state index in [0.717, 1.165) is 33.6 Å². The first-order valence-corrected chi connectivity index (χ1v) is 8.11. The lowest BCUT2D eigenvalue weighted by Crippen LogP contribution is -2.23. The fourth-order valence-electron chi connectivity index (χ4n) is 2.29. The Morgan fingerprint density at radius 2 is 2.00 bits per heavy atom. The Balaban J connectivity index is 2.28. The van der Waals surface area contributed by atoms with E-state index in [1.54, 1.807) is 13.0 Å². The molecule has 2 aromatic carbocycles. The smallest absolute Gasteiger partial charge is 0.126 e. The van der Waals surface area contributed by atoms with Crippen LogP contribution in [0, 0.1) is 12.7 Å². The largest absolute Gasteiger partial charge is 0.310 e. The predicted molar refractivity (Wildman–Crippen MR) is 90.4 cm³/mol. The van der Waals surface area contributed by atoms with Crippen LogP contribution in [0.2, 0.25) is 5.02 Å². The molecule has 0 radical (unpaired) electrons. The van der Waals surface area contributed by atoms with E-state index in [0.29, 0.717) is 5.56 Å². The number of likely N-dealkylation sites (N-methyl/N-ethyl adjacent to an activating group) is 1. The summed E-state index contributed by atoms with van der Waals surface area (Å²) in [5, 5.41) is 4.12. The van der Waals surface area contributed by atoms with Gasteiger partial charge in [0, 0.05) is 15.5 Å². The standard InChI is InChI=1S/C17H18BrClFN/c1-3-21-17(13-5-4-11(2)16(20)8-13)9-12-6-7-14(18)10-15(12)19/h4-8,10,17,21H,3,9H2,1-2H3. The van der Waals surface area contributed by atoms with Gasteiger partial charge < -0.3 is 5.32 Å². The normalized spacial score (nSPS) is 12.4. The Kier molecular flexibility index (Phi) is 5.80. The summed E-state index contributed by atoms with van der Waals surface area (Å²) in [5.74, 6) is -0.169. The first kappa shape index (κ1) is 16.5. The lowest BCUT2D eigenvalue weighted by Gasteiger charge is -2.20. The number of benzene rings is 2. The maximum atomic E-state index is 13.8. The zero-order valence-electron chi connectivity index (χ0n) is 12.1. The number of nitrogens with one attached hydrogen (secondary N) is 1. The average Bonchev–Trinajstić information content (AvgIpc) is 2.44. The van der Waals surface area contributed by atoms with Crippen molar-refractivity contribution in [3.05, 3.63) is 68.4 Å². The van der Waals surface area contributed by atoms with Gasteiger partial charge in [-0.2, -0.15) is 0 Å². The van der Waals surface area contributed by atoms with Crippen LogP contribution in [0.5, 0.6) is 0 Å². The van der Waals surface area contributed by atoms with Crippen molar-refractivity contribution in [3.8, 4) is 0 Å². The molecule has 0 heterocycles. The topological polar surface area (TPSA) is 12.0 Å². The van der Waals surface area contributed by atoms with Crippen LogP contribution >= 0.6 is 27.5 Å². The van der Waals surface area contributed by atoms with Gasteiger partial charge in [0.2, 0.25) is 0 Å². The summed E-state index contributed by atoms with van der Waals surface area (Å²) in [5.41, 5.74) is 2.65. The van der Waals surface area contributed by atoms with Crippen molar-refractivity contribution in [2.24, 2.45) is 0 Å². The van der Waals surface area contributed by atoms with E-state index in [1.165, 1.54) is 0 Å². The second-order valence-corrected chi connectivity index (χ2v) is 6.38. The van der Waals surface area contributed by atoms with Gasteiger partial charge in [-0.15, -0.1) is 0 Å². The van der Waals surface area contributed by atoms with Gasteiger partial charge in [0.05, 0.1) is 0 Å². The molecule has 0 spiro atoms. The summed E-state index contributed by atoms with van der Waals surface area (Å²) in [6, 6.07) is 11.3. The summed E-state index contributed by atoms with van der Waals surface area (Å²) < 4.78 is 14.7. The lowest BCUT2D eigenvalue weighted by atomic mass is 9.97. The number of hydrogen-bond donors (Lipinski definition) is 1. The van der Waals surface area contributed by atoms with Crippen LogP contribution in [0.1, 0.15) is 29.7 Å². The van der Waals surface area contributed by atoms with Crippen LogP contribution in [0.4, 0.5) is 4.39 Å². The first-order chi connectivity index (χ1) is 10.0. The number of rotatable bonds is 5. The third-order valence-electron chi connectivity index (χ3n) is 3.49. The molecule has 2 rings (SSSR count). The molecule has 112 valence electrons. The van der Waals surface area contributed by atoms with Crippen molar-refractivity contribution >= 4 is 27.5 Å². The molecule has 4 heteroatoms. The van der Waals surface area contributed by atoms with Gasteiger partial charge in [0.15, 0.2) is 0 Å². The number of hydrogen-bond acceptors (Lipinski definition) is 1. The molecule has 1 N–H and O–H groups in total. The van der Waals surface area contributed by atoms with Crippen molar-refractivity contribution in [1.29, 1.82) is 0 Å². The molecule has 1 unspecified atom stereocenters. The van der Waals surface area contributed by atoms with Crippen molar-refractivity contribution in [2.45, 2.75) is 26.3 Å². The molecule has 21 heavy (non-hydrogen) atoms. The molecule has 0 aromatic heterocycles. The van der Waals surface area contributed by atoms with Gasteiger partial charge in [0.25, 0.3) is 0 Å². The average molecular weight is 371 g/mol. The maximum Gasteiger partial charge on any atom is 0.126 e. The molecule has 1 nitrogen and oxygen atoms in total. The third kappa shape index (κ3) is 4.29. The van der Waals surface area contributed by atoms with E-state index in [9.17, 15) is 4.39 Å². The van der Waals surface area contributed by atoms with Gasteiger partial charge >= 0.3 is 0 Å². The van der Waals surface area contributed by atoms with Gasteiger partial charge in [-0.05, 0) is 54.8 Å². The molecule has 2 aromatic rings. The minimum absolute atomic E-state index is 0.0452. The quantitative estimate of drug-likeness (QED) is 0.738. The molecule has 0 amide bonds. The minimum atomic E-state index is -0.169. The zero-order valence-corrected chi connectivity index (χ0v) is 14.4. The van der Waals surface area contributed by atoms with Crippen LogP contribution in [-0.2, 0) is 6.42 Å². The molecular weight excluding hydrogens is 353 g/mol. The molecule has 0 fully saturated rings. The number of halogens is 3. The Morgan fingerprint density at radius 3 is 2.62 bits per heavy atom. The SMILES string of the molecule is CCNC(Cc1ccc(Br)cc1Cl)c1ccc(C)c(F)c1. The van der Waals surface area contributed by atoms with Gasteiger partial charge in [-0.1, -0.05) is 52.7 Å². The summed E-state index contributed by atoms with van der Waals surface area (Å²) in [6.07, 6.45) is 0.725. The second-order valence-electron chi connectivity index (χ2n) is 5.06. The molecule has 0 saturated heterocycles. The summed E-state index contributed by atoms with van der Waals surface area (Å²) in [4.78, 5) is 0. The minimum Gasteiger partial charge on any atom is -0.310 e. The molecule has 0 aliphatic heterocycles. The zero-order chi connectivity index (χ0) is 15.4. The Labute approximate surface area is 138 Å². The second kappa shape index (κ2) is 7.39. The van der Waals surface area contributed by atoms with E-state index >= 15 is 0 Å². The summed E-state index contributed by atoms with van der Waals surface area (Å²) in [7, 11) is 0. The van der Waals surface area contributed by atoms with Crippen molar-refractivity contribution in [3.63, 3.8) is 0 Å². The fourth-order valence-corrected chi connectivity index (χ4v) is 3.04. The van der Waals surface area contributed by atoms with Crippen molar-refractivity contribution < 1.29 is 4.39 Å². The highest BCUT2D eigenvalue weighted by Crippen LogP contribution is 2.27. The van der Waals surface area contributed by atoms with Crippen LogP contribution in [0.25, 0.3) is 0 Å². The van der Waals surface area contributed by atoms with Crippen molar-refractivity contribution in [2.75, 3.05) is 6.54 Å². The first-order valence-electron chi connectivity index (χ1n) is 6.94. The predicted octanol–water partition coefficient (Wildman–Crippen LogP) is 5.44. The highest BCUT2D eigenvalue weighted by Gasteiger charge is 2.14.